The predicted molar refractivity (Wildman–Crippen MR) is 73.9 cm³/mol. The van der Waals surface area contributed by atoms with Gasteiger partial charge >= 0.3 is 0 Å². The summed E-state index contributed by atoms with van der Waals surface area (Å²) in [5, 5.41) is 0. The van der Waals surface area contributed by atoms with Crippen LogP contribution in [0.25, 0.3) is 11.1 Å². The molecule has 0 saturated heterocycles. The highest BCUT2D eigenvalue weighted by Gasteiger charge is 2.11. The molecule has 0 heterocycles. The third kappa shape index (κ3) is 1.67. The Morgan fingerprint density at radius 1 is 0.529 bits per heavy atom. The fourth-order valence-electron chi connectivity index (χ4n) is 1.71. The topological polar surface area (TPSA) is 130 Å². The molecule has 0 spiro atoms. The van der Waals surface area contributed by atoms with Crippen LogP contribution in [0.1, 0.15) is 0 Å². The monoisotopic (exact) mass is 229 g/mol. The Morgan fingerprint density at radius 3 is 1.82 bits per heavy atom. The summed E-state index contributed by atoms with van der Waals surface area (Å²) in [5.41, 5.74) is 32.8. The molecule has 2 aromatic rings. The zero-order chi connectivity index (χ0) is 12.6. The molecular formula is C12H15N5. The minimum atomic E-state index is 0.365. The van der Waals surface area contributed by atoms with Crippen LogP contribution in [0.5, 0.6) is 0 Å². The van der Waals surface area contributed by atoms with E-state index in [2.05, 4.69) is 0 Å². The lowest BCUT2D eigenvalue weighted by Crippen LogP contribution is -2.03. The Labute approximate surface area is 99.2 Å². The summed E-state index contributed by atoms with van der Waals surface area (Å²) < 4.78 is 0. The molecule has 0 aliphatic carbocycles. The number of anilines is 5. The highest BCUT2D eigenvalue weighted by Crippen LogP contribution is 2.38. The van der Waals surface area contributed by atoms with Crippen LogP contribution < -0.4 is 28.7 Å². The molecule has 17 heavy (non-hydrogen) atoms. The van der Waals surface area contributed by atoms with Crippen molar-refractivity contribution in [1.82, 2.24) is 0 Å². The van der Waals surface area contributed by atoms with Crippen LogP contribution in [0.15, 0.2) is 30.3 Å². The van der Waals surface area contributed by atoms with E-state index in [4.69, 9.17) is 28.7 Å². The summed E-state index contributed by atoms with van der Waals surface area (Å²) >= 11 is 0. The van der Waals surface area contributed by atoms with Crippen LogP contribution in [0.3, 0.4) is 0 Å². The standard InChI is InChI=1S/C12H15N5/c13-8-3-1-2-6(10(8)15)7-4-5-9(14)12(17)11(7)16/h1-5H,13-17H2. The van der Waals surface area contributed by atoms with Crippen molar-refractivity contribution >= 4 is 28.4 Å². The highest BCUT2D eigenvalue weighted by molar-refractivity contribution is 5.95. The zero-order valence-corrected chi connectivity index (χ0v) is 9.27. The average Bonchev–Trinajstić information content (AvgIpc) is 2.31. The zero-order valence-electron chi connectivity index (χ0n) is 9.27. The molecule has 0 bridgehead atoms. The Balaban J connectivity index is 2.69. The van der Waals surface area contributed by atoms with Crippen LogP contribution in [0, 0.1) is 0 Å². The molecule has 0 radical (unpaired) electrons. The van der Waals surface area contributed by atoms with E-state index in [1.807, 2.05) is 12.1 Å². The van der Waals surface area contributed by atoms with Gasteiger partial charge in [-0.25, -0.2) is 0 Å². The molecule has 0 saturated carbocycles. The Bertz CT molecular complexity index is 577. The van der Waals surface area contributed by atoms with E-state index in [9.17, 15) is 0 Å². The van der Waals surface area contributed by atoms with Crippen LogP contribution in [0.2, 0.25) is 0 Å². The largest absolute Gasteiger partial charge is 0.397 e. The molecular weight excluding hydrogens is 214 g/mol. The van der Waals surface area contributed by atoms with E-state index >= 15 is 0 Å². The summed E-state index contributed by atoms with van der Waals surface area (Å²) in [4.78, 5) is 0. The highest BCUT2D eigenvalue weighted by atomic mass is 14.7. The third-order valence-electron chi connectivity index (χ3n) is 2.75. The smallest absolute Gasteiger partial charge is 0.0787 e. The van der Waals surface area contributed by atoms with Crippen LogP contribution >= 0.6 is 0 Å². The van der Waals surface area contributed by atoms with Gasteiger partial charge < -0.3 is 28.7 Å². The number of hydrogen-bond donors (Lipinski definition) is 5. The minimum Gasteiger partial charge on any atom is -0.397 e. The molecule has 2 rings (SSSR count). The van der Waals surface area contributed by atoms with Gasteiger partial charge in [0.2, 0.25) is 0 Å². The average molecular weight is 229 g/mol. The van der Waals surface area contributed by atoms with E-state index in [0.717, 1.165) is 11.1 Å². The first kappa shape index (κ1) is 10.9. The molecule has 0 atom stereocenters. The summed E-state index contributed by atoms with van der Waals surface area (Å²) in [6.07, 6.45) is 0. The maximum Gasteiger partial charge on any atom is 0.0787 e. The van der Waals surface area contributed by atoms with Crippen molar-refractivity contribution in [3.8, 4) is 11.1 Å². The first-order chi connectivity index (χ1) is 8.02. The molecule has 0 unspecified atom stereocenters. The summed E-state index contributed by atoms with van der Waals surface area (Å²) in [7, 11) is 0. The lowest BCUT2D eigenvalue weighted by Gasteiger charge is -2.13. The second-order valence-electron chi connectivity index (χ2n) is 3.84. The van der Waals surface area contributed by atoms with Crippen molar-refractivity contribution in [2.75, 3.05) is 28.7 Å². The van der Waals surface area contributed by atoms with Crippen molar-refractivity contribution in [3.05, 3.63) is 30.3 Å². The van der Waals surface area contributed by atoms with Crippen molar-refractivity contribution in [3.63, 3.8) is 0 Å². The number of para-hydroxylation sites is 1. The molecule has 0 fully saturated rings. The van der Waals surface area contributed by atoms with Gasteiger partial charge in [0.05, 0.1) is 28.4 Å². The van der Waals surface area contributed by atoms with E-state index in [0.29, 0.717) is 28.4 Å². The molecule has 88 valence electrons. The number of nitrogens with two attached hydrogens (primary N) is 5. The van der Waals surface area contributed by atoms with Crippen molar-refractivity contribution in [2.45, 2.75) is 0 Å². The van der Waals surface area contributed by atoms with Gasteiger partial charge in [-0.1, -0.05) is 18.2 Å². The summed E-state index contributed by atoms with van der Waals surface area (Å²) in [6, 6.07) is 8.87. The minimum absolute atomic E-state index is 0.365. The SMILES string of the molecule is Nc1cccc(-c2ccc(N)c(N)c2N)c1N. The van der Waals surface area contributed by atoms with Gasteiger partial charge in [0.15, 0.2) is 0 Å². The second kappa shape index (κ2) is 3.79. The maximum atomic E-state index is 5.93. The van der Waals surface area contributed by atoms with Gasteiger partial charge in [-0.05, 0) is 12.1 Å². The van der Waals surface area contributed by atoms with E-state index in [1.54, 1.807) is 18.2 Å². The third-order valence-corrected chi connectivity index (χ3v) is 2.75. The first-order valence-corrected chi connectivity index (χ1v) is 5.10. The second-order valence-corrected chi connectivity index (χ2v) is 3.84. The van der Waals surface area contributed by atoms with E-state index < -0.39 is 0 Å². The predicted octanol–water partition coefficient (Wildman–Crippen LogP) is 1.26. The lowest BCUT2D eigenvalue weighted by atomic mass is 9.99. The Morgan fingerprint density at radius 2 is 1.12 bits per heavy atom. The number of nitrogen functional groups attached to an aromatic ring is 5. The van der Waals surface area contributed by atoms with Gasteiger partial charge in [0.1, 0.15) is 0 Å². The molecule has 0 aliphatic heterocycles. The summed E-state index contributed by atoms with van der Waals surface area (Å²) in [6.45, 7) is 0. The first-order valence-electron chi connectivity index (χ1n) is 5.10. The number of rotatable bonds is 1. The van der Waals surface area contributed by atoms with Crippen LogP contribution in [-0.4, -0.2) is 0 Å². The molecule has 0 amide bonds. The molecule has 0 aromatic heterocycles. The Kier molecular flexibility index (Phi) is 2.44. The fourth-order valence-corrected chi connectivity index (χ4v) is 1.71. The molecule has 2 aromatic carbocycles. The normalized spacial score (nSPS) is 10.4. The number of benzene rings is 2. The van der Waals surface area contributed by atoms with Crippen LogP contribution in [-0.2, 0) is 0 Å². The van der Waals surface area contributed by atoms with E-state index in [1.165, 1.54) is 0 Å². The van der Waals surface area contributed by atoms with Crippen LogP contribution in [0.4, 0.5) is 28.4 Å². The fraction of sp³-hybridized carbons (Fsp3) is 0. The number of hydrogen-bond acceptors (Lipinski definition) is 5. The van der Waals surface area contributed by atoms with Crippen molar-refractivity contribution < 1.29 is 0 Å². The van der Waals surface area contributed by atoms with E-state index in [-0.39, 0.29) is 0 Å². The quantitative estimate of drug-likeness (QED) is 0.470. The Hall–Kier alpha value is -2.56. The van der Waals surface area contributed by atoms with Crippen molar-refractivity contribution in [1.29, 1.82) is 0 Å². The van der Waals surface area contributed by atoms with Gasteiger partial charge in [0.25, 0.3) is 0 Å². The molecule has 0 aliphatic rings. The molecule has 10 N–H and O–H groups in total. The van der Waals surface area contributed by atoms with Gasteiger partial charge in [-0.3, -0.25) is 0 Å². The van der Waals surface area contributed by atoms with Gasteiger partial charge in [-0.2, -0.15) is 0 Å². The van der Waals surface area contributed by atoms with Gasteiger partial charge in [-0.15, -0.1) is 0 Å². The maximum absolute atomic E-state index is 5.93. The molecule has 5 nitrogen and oxygen atoms in total. The molecule has 5 heteroatoms. The lowest BCUT2D eigenvalue weighted by molar-refractivity contribution is 1.59. The van der Waals surface area contributed by atoms with Crippen molar-refractivity contribution in [2.24, 2.45) is 0 Å². The summed E-state index contributed by atoms with van der Waals surface area (Å²) in [5.74, 6) is 0. The van der Waals surface area contributed by atoms with Gasteiger partial charge in [0, 0.05) is 11.1 Å².